The fourth-order valence-electron chi connectivity index (χ4n) is 1.93. The molecule has 0 amide bonds. The van der Waals surface area contributed by atoms with Crippen molar-refractivity contribution in [3.63, 3.8) is 0 Å². The molecule has 0 bridgehead atoms. The summed E-state index contributed by atoms with van der Waals surface area (Å²) in [6.45, 7) is 5.25. The highest BCUT2D eigenvalue weighted by Crippen LogP contribution is 2.24. The van der Waals surface area contributed by atoms with E-state index in [0.29, 0.717) is 18.5 Å². The second-order valence-corrected chi connectivity index (χ2v) is 5.57. The van der Waals surface area contributed by atoms with Gasteiger partial charge in [0.15, 0.2) is 17.4 Å². The van der Waals surface area contributed by atoms with E-state index in [1.54, 1.807) is 5.51 Å². The summed E-state index contributed by atoms with van der Waals surface area (Å²) in [6, 6.07) is 2.61. The lowest BCUT2D eigenvalue weighted by Crippen LogP contribution is -2.12. The van der Waals surface area contributed by atoms with Gasteiger partial charge < -0.3 is 10.1 Å². The third-order valence-electron chi connectivity index (χ3n) is 3.06. The summed E-state index contributed by atoms with van der Waals surface area (Å²) in [5.74, 6) is -1.63. The van der Waals surface area contributed by atoms with Gasteiger partial charge in [-0.05, 0) is 31.2 Å². The second kappa shape index (κ2) is 7.47. The Morgan fingerprint density at radius 1 is 1.29 bits per heavy atom. The van der Waals surface area contributed by atoms with Gasteiger partial charge in [-0.2, -0.15) is 0 Å². The van der Waals surface area contributed by atoms with E-state index in [-0.39, 0.29) is 12.4 Å². The molecule has 0 aliphatic rings. The number of thiazole rings is 1. The van der Waals surface area contributed by atoms with E-state index in [1.165, 1.54) is 23.5 Å². The molecule has 1 aromatic heterocycles. The predicted molar refractivity (Wildman–Crippen MR) is 79.8 cm³/mol. The van der Waals surface area contributed by atoms with Gasteiger partial charge in [0.05, 0.1) is 17.8 Å². The first-order valence-corrected chi connectivity index (χ1v) is 7.70. The molecule has 0 saturated carbocycles. The summed E-state index contributed by atoms with van der Waals surface area (Å²) in [4.78, 5) is 5.19. The van der Waals surface area contributed by atoms with Crippen LogP contribution in [-0.2, 0) is 13.0 Å². The van der Waals surface area contributed by atoms with Gasteiger partial charge in [0, 0.05) is 17.8 Å². The molecule has 1 heterocycles. The Bertz CT molecular complexity index is 578. The number of hydrogen-bond donors (Lipinski definition) is 1. The van der Waals surface area contributed by atoms with Gasteiger partial charge in [0.1, 0.15) is 0 Å². The zero-order chi connectivity index (χ0) is 15.2. The van der Waals surface area contributed by atoms with Gasteiger partial charge in [-0.3, -0.25) is 0 Å². The Labute approximate surface area is 127 Å². The topological polar surface area (TPSA) is 34.1 Å². The Hall–Kier alpha value is -1.53. The van der Waals surface area contributed by atoms with E-state index in [2.05, 4.69) is 10.3 Å². The van der Waals surface area contributed by atoms with Crippen molar-refractivity contribution >= 4 is 11.3 Å². The summed E-state index contributed by atoms with van der Waals surface area (Å²) in [5, 5.41) is 3.03. The summed E-state index contributed by atoms with van der Waals surface area (Å²) in [5.41, 5.74) is 3.25. The molecule has 0 spiro atoms. The Morgan fingerprint density at radius 2 is 2.00 bits per heavy atom. The van der Waals surface area contributed by atoms with Crippen LogP contribution in [0.5, 0.6) is 5.75 Å². The van der Waals surface area contributed by atoms with Crippen LogP contribution in [0.1, 0.15) is 23.1 Å². The number of aromatic nitrogens is 1. The highest BCUT2D eigenvalue weighted by atomic mass is 32.1. The maximum absolute atomic E-state index is 13.9. The van der Waals surface area contributed by atoms with Gasteiger partial charge in [-0.1, -0.05) is 6.92 Å². The van der Waals surface area contributed by atoms with E-state index in [9.17, 15) is 8.78 Å². The van der Waals surface area contributed by atoms with Gasteiger partial charge in [-0.25, -0.2) is 13.8 Å². The molecular formula is C15H18F2N2OS. The van der Waals surface area contributed by atoms with Crippen molar-refractivity contribution in [3.8, 4) is 5.75 Å². The first kappa shape index (κ1) is 15.9. The number of ether oxygens (including phenoxy) is 1. The number of hydrogen-bond acceptors (Lipinski definition) is 4. The number of rotatable bonds is 7. The lowest BCUT2D eigenvalue weighted by molar-refractivity contribution is 0.288. The average molecular weight is 312 g/mol. The van der Waals surface area contributed by atoms with Crippen LogP contribution in [0.4, 0.5) is 8.78 Å². The molecule has 21 heavy (non-hydrogen) atoms. The van der Waals surface area contributed by atoms with Crippen molar-refractivity contribution < 1.29 is 13.5 Å². The zero-order valence-electron chi connectivity index (χ0n) is 12.1. The van der Waals surface area contributed by atoms with Crippen molar-refractivity contribution in [3.05, 3.63) is 45.4 Å². The largest absolute Gasteiger partial charge is 0.487 e. The highest BCUT2D eigenvalue weighted by Gasteiger charge is 2.13. The van der Waals surface area contributed by atoms with Crippen molar-refractivity contribution in [2.24, 2.45) is 0 Å². The van der Waals surface area contributed by atoms with Crippen molar-refractivity contribution in [1.29, 1.82) is 0 Å². The fourth-order valence-corrected chi connectivity index (χ4v) is 2.70. The fraction of sp³-hybridized carbons (Fsp3) is 0.400. The summed E-state index contributed by atoms with van der Waals surface area (Å²) in [6.07, 6.45) is 0.592. The van der Waals surface area contributed by atoms with Crippen LogP contribution >= 0.6 is 11.3 Å². The normalized spacial score (nSPS) is 10.9. The molecule has 6 heteroatoms. The van der Waals surface area contributed by atoms with Crippen molar-refractivity contribution in [2.75, 3.05) is 13.2 Å². The van der Waals surface area contributed by atoms with Gasteiger partial charge in [-0.15, -0.1) is 11.3 Å². The predicted octanol–water partition coefficient (Wildman–Crippen LogP) is 3.46. The number of nitrogens with one attached hydrogen (secondary N) is 1. The van der Waals surface area contributed by atoms with E-state index in [1.807, 2.05) is 13.8 Å². The van der Waals surface area contributed by atoms with Crippen LogP contribution in [0.2, 0.25) is 0 Å². The SMILES string of the molecule is CCNCc1cc(F)c(OCCc2scnc2C)c(F)c1. The minimum absolute atomic E-state index is 0.226. The number of benzene rings is 1. The standard InChI is InChI=1S/C15H18F2N2OS/c1-3-18-8-11-6-12(16)15(13(17)7-11)20-5-4-14-10(2)19-9-21-14/h6-7,9,18H,3-5,8H2,1-2H3. The number of aryl methyl sites for hydroxylation is 1. The van der Waals surface area contributed by atoms with E-state index >= 15 is 0 Å². The zero-order valence-corrected chi connectivity index (χ0v) is 12.9. The molecule has 114 valence electrons. The molecule has 0 saturated heterocycles. The lowest BCUT2D eigenvalue weighted by atomic mass is 10.2. The first-order chi connectivity index (χ1) is 10.1. The molecule has 0 fully saturated rings. The van der Waals surface area contributed by atoms with Gasteiger partial charge in [0.25, 0.3) is 0 Å². The number of nitrogens with zero attached hydrogens (tertiary/aromatic N) is 1. The summed E-state index contributed by atoms with van der Waals surface area (Å²) in [7, 11) is 0. The molecule has 0 radical (unpaired) electrons. The first-order valence-electron chi connectivity index (χ1n) is 6.82. The van der Waals surface area contributed by atoms with Crippen LogP contribution in [0.15, 0.2) is 17.6 Å². The van der Waals surface area contributed by atoms with Crippen molar-refractivity contribution in [1.82, 2.24) is 10.3 Å². The molecular weight excluding hydrogens is 294 g/mol. The molecule has 0 aliphatic heterocycles. The maximum Gasteiger partial charge on any atom is 0.190 e. The van der Waals surface area contributed by atoms with Crippen LogP contribution in [0.25, 0.3) is 0 Å². The smallest absolute Gasteiger partial charge is 0.190 e. The monoisotopic (exact) mass is 312 g/mol. The molecule has 0 unspecified atom stereocenters. The van der Waals surface area contributed by atoms with Crippen LogP contribution in [-0.4, -0.2) is 18.1 Å². The van der Waals surface area contributed by atoms with E-state index in [4.69, 9.17) is 4.74 Å². The third kappa shape index (κ3) is 4.22. The summed E-state index contributed by atoms with van der Waals surface area (Å²) >= 11 is 1.52. The van der Waals surface area contributed by atoms with Gasteiger partial charge in [0.2, 0.25) is 0 Å². The molecule has 0 aliphatic carbocycles. The number of halogens is 2. The molecule has 1 aromatic carbocycles. The minimum Gasteiger partial charge on any atom is -0.487 e. The molecule has 0 atom stereocenters. The average Bonchev–Trinajstić information content (AvgIpc) is 2.85. The van der Waals surface area contributed by atoms with Crippen LogP contribution < -0.4 is 10.1 Å². The minimum atomic E-state index is -0.663. The van der Waals surface area contributed by atoms with E-state index < -0.39 is 11.6 Å². The highest BCUT2D eigenvalue weighted by molar-refractivity contribution is 7.09. The van der Waals surface area contributed by atoms with Crippen molar-refractivity contribution in [2.45, 2.75) is 26.8 Å². The third-order valence-corrected chi connectivity index (χ3v) is 4.05. The Balaban J connectivity index is 1.98. The second-order valence-electron chi connectivity index (χ2n) is 4.63. The quantitative estimate of drug-likeness (QED) is 0.850. The maximum atomic E-state index is 13.9. The Kier molecular flexibility index (Phi) is 5.64. The summed E-state index contributed by atoms with van der Waals surface area (Å²) < 4.78 is 33.0. The molecule has 2 aromatic rings. The van der Waals surface area contributed by atoms with Crippen LogP contribution in [0.3, 0.4) is 0 Å². The molecule has 3 nitrogen and oxygen atoms in total. The lowest BCUT2D eigenvalue weighted by Gasteiger charge is -2.10. The van der Waals surface area contributed by atoms with Gasteiger partial charge >= 0.3 is 0 Å². The van der Waals surface area contributed by atoms with E-state index in [0.717, 1.165) is 17.1 Å². The molecule has 1 N–H and O–H groups in total. The Morgan fingerprint density at radius 3 is 2.57 bits per heavy atom. The molecule has 2 rings (SSSR count). The van der Waals surface area contributed by atoms with Crippen LogP contribution in [0, 0.1) is 18.6 Å².